The van der Waals surface area contributed by atoms with Crippen LogP contribution in [0.15, 0.2) is 24.3 Å². The maximum Gasteiger partial charge on any atom is 0.237 e. The van der Waals surface area contributed by atoms with E-state index in [4.69, 9.17) is 0 Å². The summed E-state index contributed by atoms with van der Waals surface area (Å²) in [6.45, 7) is 2.83. The lowest BCUT2D eigenvalue weighted by molar-refractivity contribution is -0.123. The number of amides is 1. The molecule has 0 saturated carbocycles. The molecule has 0 aromatic heterocycles. The molecule has 1 aliphatic heterocycles. The Hall–Kier alpha value is -1.55. The molecule has 1 aromatic rings. The van der Waals surface area contributed by atoms with Crippen molar-refractivity contribution in [3.8, 4) is 5.75 Å². The summed E-state index contributed by atoms with van der Waals surface area (Å²) >= 11 is 0. The lowest BCUT2D eigenvalue weighted by Gasteiger charge is -2.17. The minimum Gasteiger partial charge on any atom is -0.508 e. The summed E-state index contributed by atoms with van der Waals surface area (Å²) in [5.41, 5.74) is 0.913. The maximum absolute atomic E-state index is 11.9. The minimum atomic E-state index is -0.0861. The highest BCUT2D eigenvalue weighted by molar-refractivity contribution is 5.82. The quantitative estimate of drug-likeness (QED) is 0.739. The molecule has 92 valence electrons. The van der Waals surface area contributed by atoms with Crippen LogP contribution < -0.4 is 10.6 Å². The van der Waals surface area contributed by atoms with Gasteiger partial charge in [-0.3, -0.25) is 4.79 Å². The van der Waals surface area contributed by atoms with Crippen LogP contribution in [0, 0.1) is 0 Å². The van der Waals surface area contributed by atoms with E-state index in [0.717, 1.165) is 24.9 Å². The van der Waals surface area contributed by atoms with Crippen molar-refractivity contribution in [1.82, 2.24) is 10.6 Å². The van der Waals surface area contributed by atoms with Gasteiger partial charge in [-0.05, 0) is 44.0 Å². The highest BCUT2D eigenvalue weighted by Gasteiger charge is 2.23. The number of carbonyl (C=O) groups is 1. The van der Waals surface area contributed by atoms with E-state index >= 15 is 0 Å². The second kappa shape index (κ2) is 5.19. The number of carbonyl (C=O) groups excluding carboxylic acids is 1. The van der Waals surface area contributed by atoms with Gasteiger partial charge in [-0.1, -0.05) is 12.1 Å². The Morgan fingerprint density at radius 2 is 2.41 bits per heavy atom. The van der Waals surface area contributed by atoms with Gasteiger partial charge in [0, 0.05) is 0 Å². The van der Waals surface area contributed by atoms with Crippen molar-refractivity contribution in [3.05, 3.63) is 29.8 Å². The average molecular weight is 234 g/mol. The fraction of sp³-hybridized carbons (Fsp3) is 0.462. The molecule has 1 fully saturated rings. The molecule has 0 spiro atoms. The smallest absolute Gasteiger partial charge is 0.237 e. The molecule has 1 saturated heterocycles. The van der Waals surface area contributed by atoms with Crippen LogP contribution in [0.2, 0.25) is 0 Å². The highest BCUT2D eigenvalue weighted by atomic mass is 16.3. The zero-order valence-electron chi connectivity index (χ0n) is 9.94. The third kappa shape index (κ3) is 2.97. The van der Waals surface area contributed by atoms with Crippen LogP contribution in [0.25, 0.3) is 0 Å². The summed E-state index contributed by atoms with van der Waals surface area (Å²) in [6.07, 6.45) is 1.96. The van der Waals surface area contributed by atoms with Crippen LogP contribution in [0.1, 0.15) is 31.4 Å². The molecule has 0 bridgehead atoms. The Morgan fingerprint density at radius 3 is 3.06 bits per heavy atom. The predicted molar refractivity (Wildman–Crippen MR) is 65.7 cm³/mol. The first kappa shape index (κ1) is 11.9. The van der Waals surface area contributed by atoms with Crippen molar-refractivity contribution < 1.29 is 9.90 Å². The summed E-state index contributed by atoms with van der Waals surface area (Å²) < 4.78 is 0. The van der Waals surface area contributed by atoms with E-state index in [1.165, 1.54) is 0 Å². The summed E-state index contributed by atoms with van der Waals surface area (Å²) in [4.78, 5) is 11.9. The van der Waals surface area contributed by atoms with Crippen molar-refractivity contribution >= 4 is 5.91 Å². The molecule has 1 aromatic carbocycles. The molecule has 1 amide bonds. The molecule has 4 heteroatoms. The summed E-state index contributed by atoms with van der Waals surface area (Å²) in [6, 6.07) is 6.82. The highest BCUT2D eigenvalue weighted by Crippen LogP contribution is 2.18. The number of aromatic hydroxyl groups is 1. The van der Waals surface area contributed by atoms with E-state index < -0.39 is 0 Å². The second-order valence-corrected chi connectivity index (χ2v) is 4.47. The molecule has 2 rings (SSSR count). The first-order valence-electron chi connectivity index (χ1n) is 5.99. The third-order valence-corrected chi connectivity index (χ3v) is 3.11. The molecule has 0 aliphatic carbocycles. The molecule has 4 nitrogen and oxygen atoms in total. The fourth-order valence-electron chi connectivity index (χ4n) is 2.10. The van der Waals surface area contributed by atoms with E-state index in [1.807, 2.05) is 13.0 Å². The number of rotatable bonds is 3. The van der Waals surface area contributed by atoms with Crippen molar-refractivity contribution in [3.63, 3.8) is 0 Å². The average Bonchev–Trinajstić information content (AvgIpc) is 2.82. The first-order valence-corrected chi connectivity index (χ1v) is 5.99. The van der Waals surface area contributed by atoms with E-state index in [2.05, 4.69) is 10.6 Å². The molecular formula is C13H18N2O2. The monoisotopic (exact) mass is 234 g/mol. The van der Waals surface area contributed by atoms with E-state index in [-0.39, 0.29) is 23.7 Å². The Kier molecular flexibility index (Phi) is 3.64. The van der Waals surface area contributed by atoms with Crippen LogP contribution in [-0.4, -0.2) is 23.6 Å². The van der Waals surface area contributed by atoms with Crippen LogP contribution in [0.5, 0.6) is 5.75 Å². The van der Waals surface area contributed by atoms with E-state index in [0.29, 0.717) is 0 Å². The Balaban J connectivity index is 1.96. The Morgan fingerprint density at radius 1 is 1.59 bits per heavy atom. The maximum atomic E-state index is 11.9. The van der Waals surface area contributed by atoms with Crippen molar-refractivity contribution in [2.75, 3.05) is 6.54 Å². The van der Waals surface area contributed by atoms with Gasteiger partial charge in [0.05, 0.1) is 12.1 Å². The van der Waals surface area contributed by atoms with Crippen LogP contribution in [0.4, 0.5) is 0 Å². The zero-order chi connectivity index (χ0) is 12.3. The first-order chi connectivity index (χ1) is 8.16. The van der Waals surface area contributed by atoms with Crippen LogP contribution in [-0.2, 0) is 4.79 Å². The molecule has 2 atom stereocenters. The largest absolute Gasteiger partial charge is 0.508 e. The Labute approximate surface area is 101 Å². The minimum absolute atomic E-state index is 0.0401. The van der Waals surface area contributed by atoms with Gasteiger partial charge < -0.3 is 15.7 Å². The molecule has 1 unspecified atom stereocenters. The number of hydrogen-bond donors (Lipinski definition) is 3. The molecule has 17 heavy (non-hydrogen) atoms. The Bertz CT molecular complexity index is 400. The van der Waals surface area contributed by atoms with Gasteiger partial charge in [0.1, 0.15) is 5.75 Å². The van der Waals surface area contributed by atoms with Crippen molar-refractivity contribution in [2.24, 2.45) is 0 Å². The fourth-order valence-corrected chi connectivity index (χ4v) is 2.10. The molecule has 1 aliphatic rings. The number of nitrogens with one attached hydrogen (secondary N) is 2. The third-order valence-electron chi connectivity index (χ3n) is 3.11. The van der Waals surface area contributed by atoms with Gasteiger partial charge in [0.25, 0.3) is 0 Å². The molecule has 0 radical (unpaired) electrons. The molecular weight excluding hydrogens is 216 g/mol. The second-order valence-electron chi connectivity index (χ2n) is 4.47. The van der Waals surface area contributed by atoms with Crippen molar-refractivity contribution in [2.45, 2.75) is 31.8 Å². The van der Waals surface area contributed by atoms with Gasteiger partial charge in [-0.2, -0.15) is 0 Å². The van der Waals surface area contributed by atoms with Gasteiger partial charge in [-0.15, -0.1) is 0 Å². The predicted octanol–water partition coefficient (Wildman–Crippen LogP) is 1.32. The number of hydrogen-bond acceptors (Lipinski definition) is 3. The lowest BCUT2D eigenvalue weighted by Crippen LogP contribution is -2.41. The molecule has 3 N–H and O–H groups in total. The lowest BCUT2D eigenvalue weighted by atomic mass is 10.1. The SMILES string of the molecule is CC(NC(=O)[C@H]1CCCN1)c1cccc(O)c1. The van der Waals surface area contributed by atoms with Gasteiger partial charge in [0.2, 0.25) is 5.91 Å². The van der Waals surface area contributed by atoms with Crippen LogP contribution >= 0.6 is 0 Å². The van der Waals surface area contributed by atoms with E-state index in [1.54, 1.807) is 18.2 Å². The van der Waals surface area contributed by atoms with Crippen molar-refractivity contribution in [1.29, 1.82) is 0 Å². The normalized spacial score (nSPS) is 21.1. The van der Waals surface area contributed by atoms with Gasteiger partial charge in [-0.25, -0.2) is 0 Å². The topological polar surface area (TPSA) is 61.4 Å². The summed E-state index contributed by atoms with van der Waals surface area (Å²) in [7, 11) is 0. The van der Waals surface area contributed by atoms with Crippen LogP contribution in [0.3, 0.4) is 0 Å². The van der Waals surface area contributed by atoms with E-state index in [9.17, 15) is 9.90 Å². The number of phenolic OH excluding ortho intramolecular Hbond substituents is 1. The standard InChI is InChI=1S/C13H18N2O2/c1-9(10-4-2-5-11(16)8-10)15-13(17)12-6-3-7-14-12/h2,4-5,8-9,12,14,16H,3,6-7H2,1H3,(H,15,17)/t9?,12-/m1/s1. The summed E-state index contributed by atoms with van der Waals surface area (Å²) in [5.74, 6) is 0.265. The summed E-state index contributed by atoms with van der Waals surface area (Å²) in [5, 5.41) is 15.5. The number of phenols is 1. The number of benzene rings is 1. The zero-order valence-corrected chi connectivity index (χ0v) is 9.94. The molecule has 1 heterocycles. The van der Waals surface area contributed by atoms with Gasteiger partial charge in [0.15, 0.2) is 0 Å². The van der Waals surface area contributed by atoms with Gasteiger partial charge >= 0.3 is 0 Å².